The van der Waals surface area contributed by atoms with Crippen LogP contribution in [0.5, 0.6) is 0 Å². The van der Waals surface area contributed by atoms with Gasteiger partial charge in [-0.15, -0.1) is 0 Å². The Kier molecular flexibility index (Phi) is 5.51. The van der Waals surface area contributed by atoms with Crippen LogP contribution >= 0.6 is 0 Å². The summed E-state index contributed by atoms with van der Waals surface area (Å²) in [6.07, 6.45) is 4.73. The molecule has 4 atom stereocenters. The Hall–Kier alpha value is -1.53. The molecule has 0 saturated heterocycles. The van der Waals surface area contributed by atoms with Crippen LogP contribution in [0.25, 0.3) is 0 Å². The van der Waals surface area contributed by atoms with E-state index >= 15 is 0 Å². The number of rotatable bonds is 4. The Morgan fingerprint density at radius 3 is 1.47 bits per heavy atom. The molecule has 0 N–H and O–H groups in total. The maximum atomic E-state index is 8.85. The summed E-state index contributed by atoms with van der Waals surface area (Å²) >= 11 is 0. The molecule has 3 heteroatoms. The molecular weight excluding hydrogens is 210 g/mol. The van der Waals surface area contributed by atoms with Crippen LogP contribution < -0.4 is 0 Å². The molecule has 0 aromatic carbocycles. The molecule has 3 nitrogen and oxygen atoms in total. The first kappa shape index (κ1) is 13.5. The summed E-state index contributed by atoms with van der Waals surface area (Å²) in [6, 6.07) is 6.74. The molecule has 0 aromatic heterocycles. The number of nitriles is 3. The third kappa shape index (κ3) is 3.47. The molecule has 0 bridgehead atoms. The fraction of sp³-hybridized carbons (Fsp3) is 0.786. The quantitative estimate of drug-likeness (QED) is 0.741. The molecule has 0 spiro atoms. The monoisotopic (exact) mass is 229 g/mol. The minimum absolute atomic E-state index is 0.320. The Labute approximate surface area is 104 Å². The van der Waals surface area contributed by atoms with Gasteiger partial charge in [-0.3, -0.25) is 0 Å². The van der Waals surface area contributed by atoms with Crippen molar-refractivity contribution >= 4 is 0 Å². The number of hydrogen-bond donors (Lipinski definition) is 0. The summed E-state index contributed by atoms with van der Waals surface area (Å²) in [7, 11) is 0. The van der Waals surface area contributed by atoms with Gasteiger partial charge in [0.15, 0.2) is 0 Å². The van der Waals surface area contributed by atoms with Crippen LogP contribution in [0.3, 0.4) is 0 Å². The lowest BCUT2D eigenvalue weighted by Gasteiger charge is -2.39. The summed E-state index contributed by atoms with van der Waals surface area (Å²) in [4.78, 5) is 0. The highest BCUT2D eigenvalue weighted by atomic mass is 14.4. The Morgan fingerprint density at radius 1 is 0.765 bits per heavy atom. The predicted molar refractivity (Wildman–Crippen MR) is 64.2 cm³/mol. The van der Waals surface area contributed by atoms with Crippen molar-refractivity contribution < 1.29 is 0 Å². The molecule has 17 heavy (non-hydrogen) atoms. The number of nitrogens with zero attached hydrogens (tertiary/aromatic N) is 3. The molecule has 0 radical (unpaired) electrons. The van der Waals surface area contributed by atoms with Crippen LogP contribution in [0.2, 0.25) is 0 Å². The van der Waals surface area contributed by atoms with E-state index in [0.29, 0.717) is 42.9 Å². The van der Waals surface area contributed by atoms with Crippen LogP contribution in [-0.2, 0) is 0 Å². The van der Waals surface area contributed by atoms with Crippen molar-refractivity contribution in [3.8, 4) is 18.2 Å². The fourth-order valence-corrected chi connectivity index (χ4v) is 3.15. The maximum Gasteiger partial charge on any atom is 0.0624 e. The third-order valence-electron chi connectivity index (χ3n) is 4.13. The first-order valence-electron chi connectivity index (χ1n) is 6.37. The van der Waals surface area contributed by atoms with Crippen LogP contribution in [0, 0.1) is 57.7 Å². The molecule has 1 rings (SSSR count). The van der Waals surface area contributed by atoms with Gasteiger partial charge in [0, 0.05) is 19.3 Å². The van der Waals surface area contributed by atoms with Gasteiger partial charge in [-0.05, 0) is 36.5 Å². The third-order valence-corrected chi connectivity index (χ3v) is 4.13. The van der Waals surface area contributed by atoms with E-state index in [0.717, 1.165) is 19.3 Å². The molecule has 1 aliphatic carbocycles. The highest BCUT2D eigenvalue weighted by Gasteiger charge is 2.35. The van der Waals surface area contributed by atoms with Gasteiger partial charge in [-0.25, -0.2) is 0 Å². The molecule has 1 saturated carbocycles. The first-order chi connectivity index (χ1) is 8.26. The van der Waals surface area contributed by atoms with E-state index in [-0.39, 0.29) is 0 Å². The zero-order valence-corrected chi connectivity index (χ0v) is 10.4. The van der Waals surface area contributed by atoms with Gasteiger partial charge < -0.3 is 0 Å². The fourth-order valence-electron chi connectivity index (χ4n) is 3.15. The average molecular weight is 229 g/mol. The summed E-state index contributed by atoms with van der Waals surface area (Å²) in [5, 5.41) is 26.5. The Morgan fingerprint density at radius 2 is 1.12 bits per heavy atom. The standard InChI is InChI=1S/C14H19N3/c1-2-11-9-13(4-7-16)14(5-8-17)10-12(11)3-6-15/h11-14H,2-5,9-10H2,1H3. The highest BCUT2D eigenvalue weighted by Crippen LogP contribution is 2.43. The SMILES string of the molecule is CCC1CC(CC#N)C(CC#N)CC1CC#N. The summed E-state index contributed by atoms with van der Waals surface area (Å²) in [5.41, 5.74) is 0. The van der Waals surface area contributed by atoms with Crippen molar-refractivity contribution in [1.29, 1.82) is 15.8 Å². The van der Waals surface area contributed by atoms with Gasteiger partial charge >= 0.3 is 0 Å². The van der Waals surface area contributed by atoms with Crippen molar-refractivity contribution in [3.05, 3.63) is 0 Å². The van der Waals surface area contributed by atoms with Crippen LogP contribution in [0.4, 0.5) is 0 Å². The minimum Gasteiger partial charge on any atom is -0.198 e. The lowest BCUT2D eigenvalue weighted by atomic mass is 9.65. The Bertz CT molecular complexity index is 355. The van der Waals surface area contributed by atoms with E-state index in [1.807, 2.05) is 0 Å². The number of hydrogen-bond acceptors (Lipinski definition) is 3. The second kappa shape index (κ2) is 6.93. The Balaban J connectivity index is 2.74. The molecule has 0 aliphatic heterocycles. The smallest absolute Gasteiger partial charge is 0.0624 e. The summed E-state index contributed by atoms with van der Waals surface area (Å²) < 4.78 is 0. The average Bonchev–Trinajstić information content (AvgIpc) is 2.33. The molecule has 0 aromatic rings. The normalized spacial score (nSPS) is 32.1. The van der Waals surface area contributed by atoms with Crippen molar-refractivity contribution in [2.45, 2.75) is 45.4 Å². The van der Waals surface area contributed by atoms with Crippen LogP contribution in [-0.4, -0.2) is 0 Å². The molecular formula is C14H19N3. The topological polar surface area (TPSA) is 71.4 Å². The zero-order chi connectivity index (χ0) is 12.7. The van der Waals surface area contributed by atoms with Crippen molar-refractivity contribution in [2.75, 3.05) is 0 Å². The van der Waals surface area contributed by atoms with E-state index in [9.17, 15) is 0 Å². The summed E-state index contributed by atoms with van der Waals surface area (Å²) in [5.74, 6) is 1.67. The first-order valence-corrected chi connectivity index (χ1v) is 6.37. The molecule has 90 valence electrons. The maximum absolute atomic E-state index is 8.85. The molecule has 0 amide bonds. The lowest BCUT2D eigenvalue weighted by molar-refractivity contribution is 0.115. The van der Waals surface area contributed by atoms with Crippen molar-refractivity contribution in [1.82, 2.24) is 0 Å². The van der Waals surface area contributed by atoms with E-state index in [1.165, 1.54) is 0 Å². The van der Waals surface area contributed by atoms with Crippen molar-refractivity contribution in [3.63, 3.8) is 0 Å². The van der Waals surface area contributed by atoms with Gasteiger partial charge in [0.25, 0.3) is 0 Å². The van der Waals surface area contributed by atoms with Gasteiger partial charge in [-0.1, -0.05) is 13.3 Å². The largest absolute Gasteiger partial charge is 0.198 e. The molecule has 1 fully saturated rings. The summed E-state index contributed by atoms with van der Waals surface area (Å²) in [6.45, 7) is 2.16. The molecule has 4 unspecified atom stereocenters. The van der Waals surface area contributed by atoms with Gasteiger partial charge in [0.05, 0.1) is 18.2 Å². The van der Waals surface area contributed by atoms with E-state index in [4.69, 9.17) is 15.8 Å². The predicted octanol–water partition coefficient (Wildman–Crippen LogP) is 3.40. The minimum atomic E-state index is 0.320. The second-order valence-corrected chi connectivity index (χ2v) is 5.01. The molecule has 0 heterocycles. The van der Waals surface area contributed by atoms with E-state index in [1.54, 1.807) is 0 Å². The second-order valence-electron chi connectivity index (χ2n) is 5.01. The molecule has 1 aliphatic rings. The van der Waals surface area contributed by atoms with Crippen LogP contribution in [0.1, 0.15) is 45.4 Å². The van der Waals surface area contributed by atoms with E-state index < -0.39 is 0 Å². The van der Waals surface area contributed by atoms with Crippen LogP contribution in [0.15, 0.2) is 0 Å². The van der Waals surface area contributed by atoms with Gasteiger partial charge in [0.1, 0.15) is 0 Å². The highest BCUT2D eigenvalue weighted by molar-refractivity contribution is 4.94. The lowest BCUT2D eigenvalue weighted by Crippen LogP contribution is -2.31. The zero-order valence-electron chi connectivity index (χ0n) is 10.4. The van der Waals surface area contributed by atoms with Gasteiger partial charge in [-0.2, -0.15) is 15.8 Å². The van der Waals surface area contributed by atoms with Crippen molar-refractivity contribution in [2.24, 2.45) is 23.7 Å². The van der Waals surface area contributed by atoms with Gasteiger partial charge in [0.2, 0.25) is 0 Å². The van der Waals surface area contributed by atoms with E-state index in [2.05, 4.69) is 25.1 Å².